The van der Waals surface area contributed by atoms with E-state index in [9.17, 15) is 9.59 Å². The average molecular weight is 346 g/mol. The van der Waals surface area contributed by atoms with Crippen LogP contribution in [0.3, 0.4) is 0 Å². The third kappa shape index (κ3) is 4.32. The quantitative estimate of drug-likeness (QED) is 0.891. The lowest BCUT2D eigenvalue weighted by Gasteiger charge is -2.15. The molecule has 0 radical (unpaired) electrons. The van der Waals surface area contributed by atoms with Gasteiger partial charge in [0.1, 0.15) is 0 Å². The van der Waals surface area contributed by atoms with Crippen LogP contribution in [0, 0.1) is 13.8 Å². The van der Waals surface area contributed by atoms with Crippen molar-refractivity contribution in [3.63, 3.8) is 0 Å². The zero-order chi connectivity index (χ0) is 17.9. The van der Waals surface area contributed by atoms with Gasteiger partial charge in [0.2, 0.25) is 0 Å². The second-order valence-electron chi connectivity index (χ2n) is 5.84. The molecule has 128 valence electrons. The molecular weight excluding hydrogens is 324 g/mol. The Morgan fingerprint density at radius 1 is 1.25 bits per heavy atom. The first-order valence-electron chi connectivity index (χ1n) is 7.59. The topological polar surface area (TPSA) is 74.3 Å². The fourth-order valence-electron chi connectivity index (χ4n) is 2.24. The van der Waals surface area contributed by atoms with Crippen LogP contribution < -0.4 is 10.6 Å². The third-order valence-corrected chi connectivity index (χ3v) is 4.34. The van der Waals surface area contributed by atoms with Crippen molar-refractivity contribution in [2.45, 2.75) is 26.8 Å². The van der Waals surface area contributed by atoms with Gasteiger partial charge in [-0.3, -0.25) is 4.79 Å². The van der Waals surface area contributed by atoms with Crippen molar-refractivity contribution in [2.75, 3.05) is 19.4 Å². The summed E-state index contributed by atoms with van der Waals surface area (Å²) in [6.07, 6.45) is 0. The van der Waals surface area contributed by atoms with Crippen LogP contribution in [0.2, 0.25) is 0 Å². The van der Waals surface area contributed by atoms with Gasteiger partial charge in [0, 0.05) is 30.7 Å². The highest BCUT2D eigenvalue weighted by Crippen LogP contribution is 2.18. The van der Waals surface area contributed by atoms with Gasteiger partial charge < -0.3 is 15.5 Å². The van der Waals surface area contributed by atoms with Crippen LogP contribution in [0.1, 0.15) is 39.6 Å². The highest BCUT2D eigenvalue weighted by atomic mass is 32.1. The first kappa shape index (κ1) is 17.9. The zero-order valence-corrected chi connectivity index (χ0v) is 15.3. The van der Waals surface area contributed by atoms with E-state index in [1.54, 1.807) is 43.6 Å². The van der Waals surface area contributed by atoms with Crippen molar-refractivity contribution in [1.82, 2.24) is 15.2 Å². The highest BCUT2D eigenvalue weighted by Gasteiger charge is 2.14. The van der Waals surface area contributed by atoms with Crippen LogP contribution in [0.25, 0.3) is 0 Å². The molecule has 1 atom stereocenters. The largest absolute Gasteiger partial charge is 0.345 e. The van der Waals surface area contributed by atoms with E-state index < -0.39 is 0 Å². The predicted molar refractivity (Wildman–Crippen MR) is 96.6 cm³/mol. The van der Waals surface area contributed by atoms with Crippen molar-refractivity contribution in [3.05, 3.63) is 45.4 Å². The molecule has 0 aliphatic rings. The number of anilines is 1. The maximum absolute atomic E-state index is 12.1. The minimum absolute atomic E-state index is 0.0592. The number of hydrogen-bond acceptors (Lipinski definition) is 4. The number of amides is 3. The molecule has 6 nitrogen and oxygen atoms in total. The third-order valence-electron chi connectivity index (χ3n) is 3.55. The number of aryl methyl sites for hydroxylation is 2. The Morgan fingerprint density at radius 3 is 2.50 bits per heavy atom. The van der Waals surface area contributed by atoms with Crippen LogP contribution >= 0.6 is 11.3 Å². The molecule has 0 spiro atoms. The standard InChI is InChI=1S/C17H22N4O2S/c1-10-8-13(6-7-14(10)16(22)21(4)5)20-17(23)18-11(2)15-9-24-12(3)19-15/h6-9,11H,1-5H3,(H2,18,20,23)/t11-/m0/s1. The summed E-state index contributed by atoms with van der Waals surface area (Å²) in [4.78, 5) is 30.0. The van der Waals surface area contributed by atoms with Gasteiger partial charge >= 0.3 is 6.03 Å². The normalized spacial score (nSPS) is 11.7. The minimum atomic E-state index is -0.306. The van der Waals surface area contributed by atoms with Gasteiger partial charge in [-0.1, -0.05) is 0 Å². The summed E-state index contributed by atoms with van der Waals surface area (Å²) >= 11 is 1.55. The average Bonchev–Trinajstić information content (AvgIpc) is 2.93. The van der Waals surface area contributed by atoms with Gasteiger partial charge in [-0.05, 0) is 44.5 Å². The first-order valence-corrected chi connectivity index (χ1v) is 8.47. The number of benzene rings is 1. The molecule has 1 aromatic carbocycles. The number of urea groups is 1. The first-order chi connectivity index (χ1) is 11.3. The number of aromatic nitrogens is 1. The number of nitrogens with one attached hydrogen (secondary N) is 2. The fourth-order valence-corrected chi connectivity index (χ4v) is 2.95. The molecule has 2 N–H and O–H groups in total. The van der Waals surface area contributed by atoms with Gasteiger partial charge in [0.05, 0.1) is 16.7 Å². The molecule has 2 rings (SSSR count). The van der Waals surface area contributed by atoms with E-state index in [2.05, 4.69) is 15.6 Å². The molecule has 7 heteroatoms. The number of hydrogen-bond donors (Lipinski definition) is 2. The molecule has 0 saturated heterocycles. The Bertz CT molecular complexity index is 755. The fraction of sp³-hybridized carbons (Fsp3) is 0.353. The van der Waals surface area contributed by atoms with Crippen molar-refractivity contribution < 1.29 is 9.59 Å². The molecule has 24 heavy (non-hydrogen) atoms. The van der Waals surface area contributed by atoms with Crippen LogP contribution in [0.5, 0.6) is 0 Å². The van der Waals surface area contributed by atoms with Crippen LogP contribution in [-0.2, 0) is 0 Å². The maximum Gasteiger partial charge on any atom is 0.319 e. The van der Waals surface area contributed by atoms with Crippen molar-refractivity contribution in [2.24, 2.45) is 0 Å². The van der Waals surface area contributed by atoms with E-state index in [0.29, 0.717) is 11.3 Å². The molecule has 0 saturated carbocycles. The summed E-state index contributed by atoms with van der Waals surface area (Å²) in [7, 11) is 3.42. The van der Waals surface area contributed by atoms with E-state index >= 15 is 0 Å². The van der Waals surface area contributed by atoms with E-state index in [1.807, 2.05) is 26.2 Å². The molecule has 1 heterocycles. The second kappa shape index (κ2) is 7.44. The molecule has 0 bridgehead atoms. The van der Waals surface area contributed by atoms with Crippen molar-refractivity contribution in [1.29, 1.82) is 0 Å². The van der Waals surface area contributed by atoms with E-state index in [4.69, 9.17) is 0 Å². The van der Waals surface area contributed by atoms with Gasteiger partial charge in [-0.2, -0.15) is 0 Å². The molecule has 0 fully saturated rings. The predicted octanol–water partition coefficient (Wildman–Crippen LogP) is 3.34. The number of nitrogens with zero attached hydrogens (tertiary/aromatic N) is 2. The van der Waals surface area contributed by atoms with Crippen molar-refractivity contribution >= 4 is 29.0 Å². The Balaban J connectivity index is 2.01. The highest BCUT2D eigenvalue weighted by molar-refractivity contribution is 7.09. The monoisotopic (exact) mass is 346 g/mol. The summed E-state index contributed by atoms with van der Waals surface area (Å²) in [5, 5.41) is 8.54. The van der Waals surface area contributed by atoms with Crippen LogP contribution in [0.4, 0.5) is 10.5 Å². The van der Waals surface area contributed by atoms with Gasteiger partial charge in [0.15, 0.2) is 0 Å². The molecule has 2 aromatic rings. The smallest absolute Gasteiger partial charge is 0.319 e. The number of thiazole rings is 1. The van der Waals surface area contributed by atoms with Gasteiger partial charge in [-0.25, -0.2) is 9.78 Å². The Labute approximate surface area is 145 Å². The Kier molecular flexibility index (Phi) is 5.56. The molecule has 0 aliphatic carbocycles. The minimum Gasteiger partial charge on any atom is -0.345 e. The molecule has 0 unspecified atom stereocenters. The van der Waals surface area contributed by atoms with Gasteiger partial charge in [-0.15, -0.1) is 11.3 Å². The number of carbonyl (C=O) groups is 2. The zero-order valence-electron chi connectivity index (χ0n) is 14.5. The summed E-state index contributed by atoms with van der Waals surface area (Å²) in [5.41, 5.74) is 2.92. The summed E-state index contributed by atoms with van der Waals surface area (Å²) < 4.78 is 0. The SMILES string of the molecule is Cc1nc([C@H](C)NC(=O)Nc2ccc(C(=O)N(C)C)c(C)c2)cs1. The molecule has 0 aliphatic heterocycles. The van der Waals surface area contributed by atoms with Gasteiger partial charge in [0.25, 0.3) is 5.91 Å². The Morgan fingerprint density at radius 2 is 1.96 bits per heavy atom. The lowest BCUT2D eigenvalue weighted by molar-refractivity contribution is 0.0827. The van der Waals surface area contributed by atoms with Crippen LogP contribution in [0.15, 0.2) is 23.6 Å². The van der Waals surface area contributed by atoms with E-state index in [1.165, 1.54) is 4.90 Å². The number of carbonyl (C=O) groups excluding carboxylic acids is 2. The molecular formula is C17H22N4O2S. The lowest BCUT2D eigenvalue weighted by atomic mass is 10.1. The summed E-state index contributed by atoms with van der Waals surface area (Å²) in [5.74, 6) is -0.0592. The second-order valence-corrected chi connectivity index (χ2v) is 6.90. The molecule has 1 aromatic heterocycles. The lowest BCUT2D eigenvalue weighted by Crippen LogP contribution is -2.31. The van der Waals surface area contributed by atoms with E-state index in [-0.39, 0.29) is 18.0 Å². The molecule has 3 amide bonds. The Hall–Kier alpha value is -2.41. The summed E-state index contributed by atoms with van der Waals surface area (Å²) in [6.45, 7) is 5.67. The van der Waals surface area contributed by atoms with Crippen molar-refractivity contribution in [3.8, 4) is 0 Å². The van der Waals surface area contributed by atoms with Crippen LogP contribution in [-0.4, -0.2) is 35.9 Å². The summed E-state index contributed by atoms with van der Waals surface area (Å²) in [6, 6.07) is 4.75. The van der Waals surface area contributed by atoms with E-state index in [0.717, 1.165) is 16.3 Å². The number of rotatable bonds is 4. The maximum atomic E-state index is 12.1.